The van der Waals surface area contributed by atoms with E-state index < -0.39 is 6.10 Å². The Morgan fingerprint density at radius 1 is 1.29 bits per heavy atom. The molecule has 0 spiro atoms. The number of rotatable bonds is 2. The van der Waals surface area contributed by atoms with Crippen LogP contribution in [0.3, 0.4) is 0 Å². The Bertz CT molecular complexity index is 417. The first-order valence-corrected chi connectivity index (χ1v) is 6.29. The molecule has 1 aromatic carbocycles. The first-order chi connectivity index (χ1) is 8.25. The summed E-state index contributed by atoms with van der Waals surface area (Å²) in [5, 5.41) is 10.1. The van der Waals surface area contributed by atoms with Gasteiger partial charge in [-0.1, -0.05) is 30.3 Å². The number of carbonyl (C=O) groups excluding carboxylic acids is 1. The second-order valence-electron chi connectivity index (χ2n) is 5.14. The number of aliphatic hydroxyl groups is 1. The van der Waals surface area contributed by atoms with Crippen LogP contribution in [0, 0.1) is 5.92 Å². The summed E-state index contributed by atoms with van der Waals surface area (Å²) in [5.74, 6) is 0.551. The predicted molar refractivity (Wildman–Crippen MR) is 64.2 cm³/mol. The van der Waals surface area contributed by atoms with Gasteiger partial charge in [0, 0.05) is 12.6 Å². The van der Waals surface area contributed by atoms with E-state index in [4.69, 9.17) is 0 Å². The lowest BCUT2D eigenvalue weighted by molar-refractivity contribution is -0.142. The fraction of sp³-hybridized carbons (Fsp3) is 0.500. The fourth-order valence-electron chi connectivity index (χ4n) is 3.13. The maximum atomic E-state index is 12.2. The molecule has 17 heavy (non-hydrogen) atoms. The minimum Gasteiger partial charge on any atom is -0.378 e. The maximum absolute atomic E-state index is 12.2. The highest BCUT2D eigenvalue weighted by Gasteiger charge is 2.41. The maximum Gasteiger partial charge on any atom is 0.256 e. The Morgan fingerprint density at radius 3 is 2.65 bits per heavy atom. The lowest BCUT2D eigenvalue weighted by Gasteiger charge is -2.29. The minimum absolute atomic E-state index is 0.122. The van der Waals surface area contributed by atoms with Crippen molar-refractivity contribution < 1.29 is 9.90 Å². The molecule has 3 nitrogen and oxygen atoms in total. The molecule has 3 atom stereocenters. The highest BCUT2D eigenvalue weighted by atomic mass is 16.3. The number of piperidine rings is 1. The summed E-state index contributed by atoms with van der Waals surface area (Å²) in [6, 6.07) is 9.57. The molecule has 2 bridgehead atoms. The van der Waals surface area contributed by atoms with Crippen LogP contribution in [0.25, 0.3) is 0 Å². The number of amides is 1. The summed E-state index contributed by atoms with van der Waals surface area (Å²) in [5.41, 5.74) is 0.695. The third-order valence-corrected chi connectivity index (χ3v) is 4.04. The van der Waals surface area contributed by atoms with Gasteiger partial charge in [-0.05, 0) is 30.7 Å². The van der Waals surface area contributed by atoms with E-state index >= 15 is 0 Å². The van der Waals surface area contributed by atoms with Crippen LogP contribution >= 0.6 is 0 Å². The Balaban J connectivity index is 1.74. The molecule has 1 aromatic rings. The Hall–Kier alpha value is -1.35. The topological polar surface area (TPSA) is 40.5 Å². The van der Waals surface area contributed by atoms with Gasteiger partial charge in [-0.25, -0.2) is 0 Å². The van der Waals surface area contributed by atoms with Crippen molar-refractivity contribution in [1.82, 2.24) is 4.90 Å². The summed E-state index contributed by atoms with van der Waals surface area (Å²) >= 11 is 0. The molecule has 3 rings (SSSR count). The average Bonchev–Trinajstić information content (AvgIpc) is 3.00. The number of likely N-dealkylation sites (tertiary alicyclic amines) is 1. The summed E-state index contributed by atoms with van der Waals surface area (Å²) in [7, 11) is 0. The van der Waals surface area contributed by atoms with E-state index in [1.54, 1.807) is 12.1 Å². The predicted octanol–water partition coefficient (Wildman–Crippen LogP) is 1.73. The molecule has 0 aromatic heterocycles. The van der Waals surface area contributed by atoms with Crippen LogP contribution in [0.15, 0.2) is 30.3 Å². The largest absolute Gasteiger partial charge is 0.378 e. The van der Waals surface area contributed by atoms with E-state index in [1.807, 2.05) is 23.1 Å². The molecule has 1 aliphatic heterocycles. The lowest BCUT2D eigenvalue weighted by atomic mass is 10.1. The van der Waals surface area contributed by atoms with Crippen LogP contribution in [0.4, 0.5) is 0 Å². The third kappa shape index (κ3) is 1.84. The average molecular weight is 231 g/mol. The van der Waals surface area contributed by atoms with E-state index in [9.17, 15) is 9.90 Å². The third-order valence-electron chi connectivity index (χ3n) is 4.04. The van der Waals surface area contributed by atoms with E-state index in [2.05, 4.69) is 0 Å². The Labute approximate surface area is 101 Å². The van der Waals surface area contributed by atoms with Crippen molar-refractivity contribution in [3.63, 3.8) is 0 Å². The number of aliphatic hydroxyl groups excluding tert-OH is 1. The molecule has 3 unspecified atom stereocenters. The highest BCUT2D eigenvalue weighted by Crippen LogP contribution is 2.38. The molecule has 1 aliphatic carbocycles. The zero-order valence-electron chi connectivity index (χ0n) is 9.75. The van der Waals surface area contributed by atoms with Gasteiger partial charge in [-0.3, -0.25) is 4.79 Å². The van der Waals surface area contributed by atoms with E-state index in [0.717, 1.165) is 19.4 Å². The molecule has 1 saturated heterocycles. The zero-order valence-corrected chi connectivity index (χ0v) is 9.75. The van der Waals surface area contributed by atoms with Crippen molar-refractivity contribution in [3.8, 4) is 0 Å². The van der Waals surface area contributed by atoms with E-state index in [0.29, 0.717) is 17.5 Å². The first kappa shape index (κ1) is 10.8. The summed E-state index contributed by atoms with van der Waals surface area (Å²) in [6.07, 6.45) is 2.50. The number of hydrogen-bond donors (Lipinski definition) is 1. The van der Waals surface area contributed by atoms with Gasteiger partial charge in [0.1, 0.15) is 0 Å². The second kappa shape index (κ2) is 4.15. The smallest absolute Gasteiger partial charge is 0.256 e. The lowest BCUT2D eigenvalue weighted by Crippen LogP contribution is -2.40. The summed E-state index contributed by atoms with van der Waals surface area (Å²) < 4.78 is 0. The number of benzene rings is 1. The van der Waals surface area contributed by atoms with Crippen LogP contribution in [-0.2, 0) is 4.79 Å². The fourth-order valence-corrected chi connectivity index (χ4v) is 3.13. The Kier molecular flexibility index (Phi) is 2.63. The normalized spacial score (nSPS) is 28.4. The molecule has 3 heteroatoms. The van der Waals surface area contributed by atoms with Gasteiger partial charge in [0.2, 0.25) is 0 Å². The number of nitrogens with zero attached hydrogens (tertiary/aromatic N) is 1. The zero-order chi connectivity index (χ0) is 11.8. The minimum atomic E-state index is -0.990. The van der Waals surface area contributed by atoms with Gasteiger partial charge >= 0.3 is 0 Å². The van der Waals surface area contributed by atoms with Crippen molar-refractivity contribution in [2.24, 2.45) is 5.92 Å². The van der Waals surface area contributed by atoms with Gasteiger partial charge in [0.15, 0.2) is 6.10 Å². The van der Waals surface area contributed by atoms with Crippen LogP contribution in [0.5, 0.6) is 0 Å². The van der Waals surface area contributed by atoms with Crippen molar-refractivity contribution in [1.29, 1.82) is 0 Å². The molecular weight excluding hydrogens is 214 g/mol. The molecule has 1 heterocycles. The summed E-state index contributed by atoms with van der Waals surface area (Å²) in [4.78, 5) is 14.1. The number of hydrogen-bond acceptors (Lipinski definition) is 2. The quantitative estimate of drug-likeness (QED) is 0.842. The van der Waals surface area contributed by atoms with Crippen LogP contribution < -0.4 is 0 Å². The number of carbonyl (C=O) groups is 1. The van der Waals surface area contributed by atoms with Crippen molar-refractivity contribution in [3.05, 3.63) is 35.9 Å². The standard InChI is InChI=1S/C14H17NO2/c16-13(11-4-2-1-3-5-11)14(17)15-9-10-6-7-12(15)8-10/h1-5,10,12-13,16H,6-9H2. The molecule has 1 N–H and O–H groups in total. The molecular formula is C14H17NO2. The van der Waals surface area contributed by atoms with Crippen LogP contribution in [-0.4, -0.2) is 28.5 Å². The molecule has 0 radical (unpaired) electrons. The van der Waals surface area contributed by atoms with Crippen molar-refractivity contribution in [2.75, 3.05) is 6.54 Å². The van der Waals surface area contributed by atoms with Crippen LogP contribution in [0.2, 0.25) is 0 Å². The van der Waals surface area contributed by atoms with Crippen molar-refractivity contribution in [2.45, 2.75) is 31.4 Å². The monoisotopic (exact) mass is 231 g/mol. The molecule has 2 fully saturated rings. The first-order valence-electron chi connectivity index (χ1n) is 6.29. The molecule has 1 amide bonds. The van der Waals surface area contributed by atoms with Crippen molar-refractivity contribution >= 4 is 5.91 Å². The molecule has 1 saturated carbocycles. The van der Waals surface area contributed by atoms with E-state index in [1.165, 1.54) is 6.42 Å². The number of fused-ring (bicyclic) bond motifs is 2. The SMILES string of the molecule is O=C(C(O)c1ccccc1)N1CC2CCC1C2. The van der Waals surface area contributed by atoms with Gasteiger partial charge < -0.3 is 10.0 Å². The van der Waals surface area contributed by atoms with Gasteiger partial charge in [0.25, 0.3) is 5.91 Å². The second-order valence-corrected chi connectivity index (χ2v) is 5.14. The van der Waals surface area contributed by atoms with Gasteiger partial charge in [-0.2, -0.15) is 0 Å². The van der Waals surface area contributed by atoms with Gasteiger partial charge in [-0.15, -0.1) is 0 Å². The van der Waals surface area contributed by atoms with E-state index in [-0.39, 0.29) is 5.91 Å². The summed E-state index contributed by atoms with van der Waals surface area (Å²) in [6.45, 7) is 0.841. The van der Waals surface area contributed by atoms with Gasteiger partial charge in [0.05, 0.1) is 0 Å². The highest BCUT2D eigenvalue weighted by molar-refractivity contribution is 5.82. The molecule has 2 aliphatic rings. The Morgan fingerprint density at radius 2 is 2.06 bits per heavy atom. The van der Waals surface area contributed by atoms with Crippen LogP contribution in [0.1, 0.15) is 30.9 Å². The molecule has 90 valence electrons.